The van der Waals surface area contributed by atoms with Crippen molar-refractivity contribution in [2.75, 3.05) is 26.2 Å². The SMILES string of the molecule is C1CCCCNCCCCCCCCCNCCCC1. The van der Waals surface area contributed by atoms with Gasteiger partial charge in [0.2, 0.25) is 0 Å². The molecule has 1 saturated heterocycles. The Bertz CT molecular complexity index is 95.8. The van der Waals surface area contributed by atoms with Crippen LogP contribution >= 0.6 is 0 Å². The van der Waals surface area contributed by atoms with E-state index in [4.69, 9.17) is 0 Å². The molecule has 0 radical (unpaired) electrons. The van der Waals surface area contributed by atoms with Gasteiger partial charge in [-0.3, -0.25) is 0 Å². The standard InChI is InChI=1S/C18H38N2/c1-3-7-11-15-19-17-13-9-5-2-6-10-14-18-20-16-12-8-4-1/h19-20H,1-18H2. The van der Waals surface area contributed by atoms with E-state index < -0.39 is 0 Å². The molecule has 1 aliphatic rings. The van der Waals surface area contributed by atoms with Crippen molar-refractivity contribution in [3.63, 3.8) is 0 Å². The van der Waals surface area contributed by atoms with Gasteiger partial charge in [0.25, 0.3) is 0 Å². The van der Waals surface area contributed by atoms with Gasteiger partial charge >= 0.3 is 0 Å². The van der Waals surface area contributed by atoms with Gasteiger partial charge in [0, 0.05) is 0 Å². The molecule has 0 amide bonds. The van der Waals surface area contributed by atoms with E-state index in [9.17, 15) is 0 Å². The molecular formula is C18H38N2. The summed E-state index contributed by atoms with van der Waals surface area (Å²) in [5.41, 5.74) is 0. The van der Waals surface area contributed by atoms with Crippen LogP contribution in [-0.4, -0.2) is 26.2 Å². The van der Waals surface area contributed by atoms with Crippen LogP contribution < -0.4 is 10.6 Å². The minimum atomic E-state index is 1.24. The lowest BCUT2D eigenvalue weighted by molar-refractivity contribution is 0.514. The second-order valence-electron chi connectivity index (χ2n) is 6.45. The molecule has 2 nitrogen and oxygen atoms in total. The van der Waals surface area contributed by atoms with E-state index in [2.05, 4.69) is 10.6 Å². The summed E-state index contributed by atoms with van der Waals surface area (Å²) in [7, 11) is 0. The molecule has 0 spiro atoms. The maximum atomic E-state index is 3.60. The molecule has 1 aliphatic heterocycles. The normalized spacial score (nSPS) is 24.0. The third-order valence-electron chi connectivity index (χ3n) is 4.41. The number of hydrogen-bond donors (Lipinski definition) is 2. The van der Waals surface area contributed by atoms with Crippen molar-refractivity contribution in [3.8, 4) is 0 Å². The largest absolute Gasteiger partial charge is 0.317 e. The average Bonchev–Trinajstić information content (AvgIpc) is 2.46. The van der Waals surface area contributed by atoms with Crippen molar-refractivity contribution in [1.82, 2.24) is 10.6 Å². The van der Waals surface area contributed by atoms with Crippen LogP contribution in [0.3, 0.4) is 0 Å². The summed E-state index contributed by atoms with van der Waals surface area (Å²) < 4.78 is 0. The average molecular weight is 283 g/mol. The minimum absolute atomic E-state index is 1.24. The van der Waals surface area contributed by atoms with Gasteiger partial charge < -0.3 is 10.6 Å². The molecule has 20 heavy (non-hydrogen) atoms. The third-order valence-corrected chi connectivity index (χ3v) is 4.41. The van der Waals surface area contributed by atoms with Crippen molar-refractivity contribution in [3.05, 3.63) is 0 Å². The molecule has 1 rings (SSSR count). The van der Waals surface area contributed by atoms with Gasteiger partial charge in [-0.2, -0.15) is 0 Å². The van der Waals surface area contributed by atoms with Gasteiger partial charge in [0.05, 0.1) is 0 Å². The molecular weight excluding hydrogens is 244 g/mol. The first-order valence-corrected chi connectivity index (χ1v) is 9.41. The Hall–Kier alpha value is -0.0800. The van der Waals surface area contributed by atoms with Gasteiger partial charge in [-0.15, -0.1) is 0 Å². The predicted octanol–water partition coefficient (Wildman–Crippen LogP) is 4.64. The summed E-state index contributed by atoms with van der Waals surface area (Å²) >= 11 is 0. The maximum Gasteiger partial charge on any atom is -0.00489 e. The van der Waals surface area contributed by atoms with E-state index in [0.29, 0.717) is 0 Å². The highest BCUT2D eigenvalue weighted by Crippen LogP contribution is 2.08. The molecule has 0 bridgehead atoms. The summed E-state index contributed by atoms with van der Waals surface area (Å²) in [4.78, 5) is 0. The van der Waals surface area contributed by atoms with E-state index >= 15 is 0 Å². The zero-order valence-electron chi connectivity index (χ0n) is 13.7. The van der Waals surface area contributed by atoms with E-state index in [0.717, 1.165) is 0 Å². The maximum absolute atomic E-state index is 3.60. The summed E-state index contributed by atoms with van der Waals surface area (Å²) in [6.45, 7) is 4.96. The molecule has 1 fully saturated rings. The van der Waals surface area contributed by atoms with Crippen LogP contribution in [0.5, 0.6) is 0 Å². The molecule has 1 heterocycles. The highest BCUT2D eigenvalue weighted by atomic mass is 14.8. The third kappa shape index (κ3) is 12.9. The van der Waals surface area contributed by atoms with Crippen LogP contribution in [0.15, 0.2) is 0 Å². The Morgan fingerprint density at radius 2 is 0.450 bits per heavy atom. The Labute approximate surface area is 127 Å². The monoisotopic (exact) mass is 282 g/mol. The molecule has 0 aromatic heterocycles. The van der Waals surface area contributed by atoms with Crippen LogP contribution in [0.4, 0.5) is 0 Å². The molecule has 0 aliphatic carbocycles. The Balaban J connectivity index is 2.00. The number of hydrogen-bond acceptors (Lipinski definition) is 2. The number of nitrogens with one attached hydrogen (secondary N) is 2. The van der Waals surface area contributed by atoms with Gasteiger partial charge in [-0.25, -0.2) is 0 Å². The van der Waals surface area contributed by atoms with Crippen molar-refractivity contribution in [2.45, 2.75) is 89.9 Å². The van der Waals surface area contributed by atoms with E-state index in [1.54, 1.807) is 0 Å². The number of rotatable bonds is 0. The van der Waals surface area contributed by atoms with E-state index in [-0.39, 0.29) is 0 Å². The van der Waals surface area contributed by atoms with Crippen molar-refractivity contribution in [2.24, 2.45) is 0 Å². The fraction of sp³-hybridized carbons (Fsp3) is 1.00. The molecule has 120 valence electrons. The van der Waals surface area contributed by atoms with Gasteiger partial charge in [0.15, 0.2) is 0 Å². The molecule has 0 aromatic rings. The molecule has 2 heteroatoms. The second-order valence-corrected chi connectivity index (χ2v) is 6.45. The van der Waals surface area contributed by atoms with Crippen molar-refractivity contribution >= 4 is 0 Å². The van der Waals surface area contributed by atoms with Gasteiger partial charge in [-0.1, -0.05) is 64.2 Å². The summed E-state index contributed by atoms with van der Waals surface area (Å²) in [5.74, 6) is 0. The Morgan fingerprint density at radius 1 is 0.250 bits per heavy atom. The van der Waals surface area contributed by atoms with E-state index in [1.807, 2.05) is 0 Å². The van der Waals surface area contributed by atoms with Crippen LogP contribution in [0.2, 0.25) is 0 Å². The Morgan fingerprint density at radius 3 is 0.700 bits per heavy atom. The molecule has 0 atom stereocenters. The second kappa shape index (κ2) is 15.3. The summed E-state index contributed by atoms with van der Waals surface area (Å²) in [5, 5.41) is 7.20. The summed E-state index contributed by atoms with van der Waals surface area (Å²) in [6, 6.07) is 0. The lowest BCUT2D eigenvalue weighted by Gasteiger charge is -2.07. The van der Waals surface area contributed by atoms with Crippen molar-refractivity contribution in [1.29, 1.82) is 0 Å². The smallest absolute Gasteiger partial charge is 0.00489 e. The zero-order valence-corrected chi connectivity index (χ0v) is 13.7. The lowest BCUT2D eigenvalue weighted by atomic mass is 10.1. The van der Waals surface area contributed by atoms with Crippen LogP contribution in [-0.2, 0) is 0 Å². The molecule has 0 aromatic carbocycles. The highest BCUT2D eigenvalue weighted by Gasteiger charge is 1.95. The topological polar surface area (TPSA) is 24.1 Å². The quantitative estimate of drug-likeness (QED) is 0.676. The zero-order chi connectivity index (χ0) is 14.1. The fourth-order valence-corrected chi connectivity index (χ4v) is 3.02. The fourth-order valence-electron chi connectivity index (χ4n) is 3.02. The van der Waals surface area contributed by atoms with Gasteiger partial charge in [0.1, 0.15) is 0 Å². The van der Waals surface area contributed by atoms with Gasteiger partial charge in [-0.05, 0) is 51.9 Å². The molecule has 0 saturated carbocycles. The first-order valence-electron chi connectivity index (χ1n) is 9.41. The van der Waals surface area contributed by atoms with Crippen molar-refractivity contribution < 1.29 is 0 Å². The molecule has 0 unspecified atom stereocenters. The highest BCUT2D eigenvalue weighted by molar-refractivity contribution is 4.54. The first kappa shape index (κ1) is 18.0. The lowest BCUT2D eigenvalue weighted by Crippen LogP contribution is -2.17. The van der Waals surface area contributed by atoms with E-state index in [1.165, 1.54) is 116 Å². The first-order chi connectivity index (χ1) is 10.0. The van der Waals surface area contributed by atoms with Crippen LogP contribution in [0, 0.1) is 0 Å². The van der Waals surface area contributed by atoms with Crippen LogP contribution in [0.1, 0.15) is 89.9 Å². The predicted molar refractivity (Wildman–Crippen MR) is 90.4 cm³/mol. The summed E-state index contributed by atoms with van der Waals surface area (Å²) in [6.07, 6.45) is 19.8. The minimum Gasteiger partial charge on any atom is -0.317 e. The molecule has 2 N–H and O–H groups in total. The van der Waals surface area contributed by atoms with Crippen LogP contribution in [0.25, 0.3) is 0 Å². The Kier molecular flexibility index (Phi) is 13.8.